The van der Waals surface area contributed by atoms with Gasteiger partial charge in [0.2, 0.25) is 0 Å². The van der Waals surface area contributed by atoms with Crippen molar-refractivity contribution in [2.75, 3.05) is 0 Å². The number of hydrogen-bond donors (Lipinski definition) is 1. The summed E-state index contributed by atoms with van der Waals surface area (Å²) in [5, 5.41) is 4.02. The van der Waals surface area contributed by atoms with Gasteiger partial charge in [-0.2, -0.15) is 0 Å². The van der Waals surface area contributed by atoms with Crippen LogP contribution in [0.25, 0.3) is 0 Å². The number of rotatable bonds is 3. The van der Waals surface area contributed by atoms with Gasteiger partial charge in [0.05, 0.1) is 10.6 Å². The SMILES string of the molecule is CCCc1nnsc1C(C)N.Cl. The Balaban J connectivity index is 0.00000121. The molecule has 12 heavy (non-hydrogen) atoms. The van der Waals surface area contributed by atoms with E-state index in [2.05, 4.69) is 16.5 Å². The average molecular weight is 208 g/mol. The van der Waals surface area contributed by atoms with Gasteiger partial charge in [0.1, 0.15) is 0 Å². The summed E-state index contributed by atoms with van der Waals surface area (Å²) in [6, 6.07) is 0.0801. The van der Waals surface area contributed by atoms with E-state index in [0.29, 0.717) is 0 Å². The maximum atomic E-state index is 5.72. The second-order valence-electron chi connectivity index (χ2n) is 2.62. The first-order valence-electron chi connectivity index (χ1n) is 3.82. The van der Waals surface area contributed by atoms with Crippen LogP contribution in [0.15, 0.2) is 0 Å². The Bertz CT molecular complexity index is 224. The Kier molecular flexibility index (Phi) is 5.37. The van der Waals surface area contributed by atoms with E-state index < -0.39 is 0 Å². The molecule has 0 spiro atoms. The lowest BCUT2D eigenvalue weighted by atomic mass is 10.2. The molecule has 1 aromatic rings. The van der Waals surface area contributed by atoms with E-state index in [0.717, 1.165) is 23.4 Å². The first kappa shape index (κ1) is 11.8. The van der Waals surface area contributed by atoms with Crippen molar-refractivity contribution in [3.05, 3.63) is 10.6 Å². The molecular weight excluding hydrogens is 194 g/mol. The lowest BCUT2D eigenvalue weighted by Gasteiger charge is -2.01. The summed E-state index contributed by atoms with van der Waals surface area (Å²) >= 11 is 1.41. The number of halogens is 1. The topological polar surface area (TPSA) is 51.8 Å². The predicted molar refractivity (Wildman–Crippen MR) is 53.8 cm³/mol. The number of aromatic nitrogens is 2. The second-order valence-corrected chi connectivity index (χ2v) is 3.41. The predicted octanol–water partition coefficient (Wildman–Crippen LogP) is 1.93. The van der Waals surface area contributed by atoms with Crippen LogP contribution >= 0.6 is 23.9 Å². The molecule has 0 aliphatic rings. The van der Waals surface area contributed by atoms with Crippen LogP contribution in [-0.2, 0) is 6.42 Å². The molecule has 5 heteroatoms. The van der Waals surface area contributed by atoms with Crippen molar-refractivity contribution >= 4 is 23.9 Å². The lowest BCUT2D eigenvalue weighted by Crippen LogP contribution is -2.05. The van der Waals surface area contributed by atoms with Crippen LogP contribution < -0.4 is 5.73 Å². The molecular formula is C7H14ClN3S. The van der Waals surface area contributed by atoms with Crippen LogP contribution in [0.4, 0.5) is 0 Å². The Morgan fingerprint density at radius 3 is 2.75 bits per heavy atom. The van der Waals surface area contributed by atoms with E-state index in [9.17, 15) is 0 Å². The average Bonchev–Trinajstić information content (AvgIpc) is 2.36. The van der Waals surface area contributed by atoms with Crippen molar-refractivity contribution in [2.45, 2.75) is 32.7 Å². The first-order chi connectivity index (χ1) is 5.25. The molecule has 0 aliphatic heterocycles. The molecule has 70 valence electrons. The number of aryl methyl sites for hydroxylation is 1. The zero-order valence-corrected chi connectivity index (χ0v) is 8.91. The molecule has 1 heterocycles. The molecule has 1 aromatic heterocycles. The summed E-state index contributed by atoms with van der Waals surface area (Å²) in [5.74, 6) is 0. The zero-order valence-electron chi connectivity index (χ0n) is 7.28. The molecule has 0 saturated carbocycles. The van der Waals surface area contributed by atoms with E-state index in [1.54, 1.807) is 0 Å². The van der Waals surface area contributed by atoms with E-state index in [1.165, 1.54) is 11.5 Å². The second kappa shape index (κ2) is 5.45. The molecule has 2 N–H and O–H groups in total. The highest BCUT2D eigenvalue weighted by Gasteiger charge is 2.09. The van der Waals surface area contributed by atoms with Crippen LogP contribution in [0.1, 0.15) is 36.9 Å². The quantitative estimate of drug-likeness (QED) is 0.824. The highest BCUT2D eigenvalue weighted by Crippen LogP contribution is 2.18. The van der Waals surface area contributed by atoms with Gasteiger partial charge in [-0.15, -0.1) is 17.5 Å². The van der Waals surface area contributed by atoms with E-state index in [-0.39, 0.29) is 18.4 Å². The summed E-state index contributed by atoms with van der Waals surface area (Å²) in [5.41, 5.74) is 6.80. The van der Waals surface area contributed by atoms with Gasteiger partial charge >= 0.3 is 0 Å². The molecule has 0 amide bonds. The Labute approximate surface area is 82.9 Å². The fourth-order valence-corrected chi connectivity index (χ4v) is 1.61. The third-order valence-electron chi connectivity index (χ3n) is 1.49. The van der Waals surface area contributed by atoms with Crippen molar-refractivity contribution in [1.82, 2.24) is 9.59 Å². The molecule has 0 aliphatic carbocycles. The third kappa shape index (κ3) is 2.69. The van der Waals surface area contributed by atoms with Crippen molar-refractivity contribution in [3.8, 4) is 0 Å². The van der Waals surface area contributed by atoms with Crippen molar-refractivity contribution in [3.63, 3.8) is 0 Å². The smallest absolute Gasteiger partial charge is 0.0803 e. The van der Waals surface area contributed by atoms with Crippen LogP contribution in [0, 0.1) is 0 Å². The fraction of sp³-hybridized carbons (Fsp3) is 0.714. The molecule has 1 unspecified atom stereocenters. The van der Waals surface area contributed by atoms with E-state index in [4.69, 9.17) is 5.73 Å². The maximum absolute atomic E-state index is 5.72. The van der Waals surface area contributed by atoms with Gasteiger partial charge in [0.25, 0.3) is 0 Å². The number of nitrogens with zero attached hydrogens (tertiary/aromatic N) is 2. The van der Waals surface area contributed by atoms with Gasteiger partial charge in [-0.05, 0) is 24.9 Å². The molecule has 0 radical (unpaired) electrons. The summed E-state index contributed by atoms with van der Waals surface area (Å²) in [7, 11) is 0. The van der Waals surface area contributed by atoms with Gasteiger partial charge in [0, 0.05) is 6.04 Å². The van der Waals surface area contributed by atoms with Crippen molar-refractivity contribution < 1.29 is 0 Å². The van der Waals surface area contributed by atoms with E-state index >= 15 is 0 Å². The minimum atomic E-state index is 0. The molecule has 0 bridgehead atoms. The highest BCUT2D eigenvalue weighted by atomic mass is 35.5. The molecule has 0 saturated heterocycles. The summed E-state index contributed by atoms with van der Waals surface area (Å²) in [6.07, 6.45) is 2.10. The van der Waals surface area contributed by atoms with Gasteiger partial charge in [-0.1, -0.05) is 17.8 Å². The van der Waals surface area contributed by atoms with Crippen LogP contribution in [0.5, 0.6) is 0 Å². The van der Waals surface area contributed by atoms with Crippen molar-refractivity contribution in [2.24, 2.45) is 5.73 Å². The summed E-state index contributed by atoms with van der Waals surface area (Å²) < 4.78 is 3.87. The number of nitrogens with two attached hydrogens (primary N) is 1. The first-order valence-corrected chi connectivity index (χ1v) is 4.59. The molecule has 1 atom stereocenters. The highest BCUT2D eigenvalue weighted by molar-refractivity contribution is 7.05. The summed E-state index contributed by atoms with van der Waals surface area (Å²) in [4.78, 5) is 1.13. The van der Waals surface area contributed by atoms with Gasteiger partial charge < -0.3 is 5.73 Å². The van der Waals surface area contributed by atoms with Crippen LogP contribution in [0.3, 0.4) is 0 Å². The van der Waals surface area contributed by atoms with Gasteiger partial charge in [-0.25, -0.2) is 0 Å². The monoisotopic (exact) mass is 207 g/mol. The Morgan fingerprint density at radius 2 is 2.25 bits per heavy atom. The fourth-order valence-electron chi connectivity index (χ4n) is 0.972. The van der Waals surface area contributed by atoms with Crippen molar-refractivity contribution in [1.29, 1.82) is 0 Å². The van der Waals surface area contributed by atoms with Crippen LogP contribution in [-0.4, -0.2) is 9.59 Å². The zero-order chi connectivity index (χ0) is 8.27. The third-order valence-corrected chi connectivity index (χ3v) is 2.45. The Hall–Kier alpha value is -0.190. The lowest BCUT2D eigenvalue weighted by molar-refractivity contribution is 0.786. The standard InChI is InChI=1S/C7H13N3S.ClH/c1-3-4-6-7(5(2)8)11-10-9-6;/h5H,3-4,8H2,1-2H3;1H. The van der Waals surface area contributed by atoms with Gasteiger partial charge in [-0.3, -0.25) is 0 Å². The summed E-state index contributed by atoms with van der Waals surface area (Å²) in [6.45, 7) is 4.10. The molecule has 0 fully saturated rings. The van der Waals surface area contributed by atoms with Gasteiger partial charge in [0.15, 0.2) is 0 Å². The largest absolute Gasteiger partial charge is 0.323 e. The van der Waals surface area contributed by atoms with E-state index in [1.807, 2.05) is 6.92 Å². The normalized spacial score (nSPS) is 12.2. The number of hydrogen-bond acceptors (Lipinski definition) is 4. The Morgan fingerprint density at radius 1 is 1.58 bits per heavy atom. The van der Waals surface area contributed by atoms with Crippen LogP contribution in [0.2, 0.25) is 0 Å². The molecule has 1 rings (SSSR count). The molecule has 0 aromatic carbocycles. The molecule has 3 nitrogen and oxygen atoms in total. The minimum absolute atomic E-state index is 0. The maximum Gasteiger partial charge on any atom is 0.0803 e. The minimum Gasteiger partial charge on any atom is -0.323 e.